The summed E-state index contributed by atoms with van der Waals surface area (Å²) in [7, 11) is 0. The van der Waals surface area contributed by atoms with E-state index >= 15 is 0 Å². The minimum Gasteiger partial charge on any atom is -0.393 e. The zero-order valence-corrected chi connectivity index (χ0v) is 10.4. The number of halogens is 1. The van der Waals surface area contributed by atoms with Gasteiger partial charge in [0, 0.05) is 6.07 Å². The van der Waals surface area contributed by atoms with Crippen LogP contribution in [0.2, 0.25) is 5.02 Å². The molecule has 0 saturated carbocycles. The van der Waals surface area contributed by atoms with Crippen molar-refractivity contribution in [1.82, 2.24) is 9.78 Å². The summed E-state index contributed by atoms with van der Waals surface area (Å²) in [5, 5.41) is 15.3. The largest absolute Gasteiger partial charge is 0.393 e. The zero-order chi connectivity index (χ0) is 13.3. The molecule has 6 nitrogen and oxygen atoms in total. The summed E-state index contributed by atoms with van der Waals surface area (Å²) in [6, 6.07) is 4.63. The number of hydrogen-bond donors (Lipinski definition) is 1. The summed E-state index contributed by atoms with van der Waals surface area (Å²) >= 11 is 5.90. The van der Waals surface area contributed by atoms with E-state index in [4.69, 9.17) is 17.3 Å². The molecule has 0 amide bonds. The van der Waals surface area contributed by atoms with Gasteiger partial charge in [0.25, 0.3) is 5.69 Å². The van der Waals surface area contributed by atoms with Crippen molar-refractivity contribution in [3.8, 4) is 0 Å². The second kappa shape index (κ2) is 4.66. The minimum atomic E-state index is -0.505. The lowest BCUT2D eigenvalue weighted by Crippen LogP contribution is -2.05. The highest BCUT2D eigenvalue weighted by Gasteiger charge is 2.12. The molecule has 2 N–H and O–H groups in total. The summed E-state index contributed by atoms with van der Waals surface area (Å²) in [6.45, 7) is 2.32. The molecule has 0 aliphatic heterocycles. The van der Waals surface area contributed by atoms with Crippen LogP contribution in [0, 0.1) is 17.0 Å². The van der Waals surface area contributed by atoms with Crippen molar-refractivity contribution in [2.45, 2.75) is 13.5 Å². The summed E-state index contributed by atoms with van der Waals surface area (Å²) < 4.78 is 1.71. The van der Waals surface area contributed by atoms with Crippen LogP contribution in [0.3, 0.4) is 0 Å². The Hall–Kier alpha value is -2.08. The number of nitro groups is 1. The zero-order valence-electron chi connectivity index (χ0n) is 9.63. The van der Waals surface area contributed by atoms with Crippen LogP contribution in [0.5, 0.6) is 0 Å². The fourth-order valence-corrected chi connectivity index (χ4v) is 1.77. The van der Waals surface area contributed by atoms with Gasteiger partial charge < -0.3 is 5.73 Å². The summed E-state index contributed by atoms with van der Waals surface area (Å²) in [5.74, 6) is 0. The van der Waals surface area contributed by atoms with Gasteiger partial charge in [0.2, 0.25) is 0 Å². The number of nitrogens with two attached hydrogens (primary N) is 1. The summed E-state index contributed by atoms with van der Waals surface area (Å²) in [5.41, 5.74) is 7.36. The number of anilines is 1. The van der Waals surface area contributed by atoms with Crippen LogP contribution in [-0.4, -0.2) is 14.7 Å². The van der Waals surface area contributed by atoms with Gasteiger partial charge in [-0.2, -0.15) is 5.10 Å². The molecule has 0 aliphatic carbocycles. The Morgan fingerprint density at radius 1 is 1.56 bits per heavy atom. The molecule has 1 aromatic heterocycles. The van der Waals surface area contributed by atoms with Gasteiger partial charge in [0.1, 0.15) is 5.69 Å². The van der Waals surface area contributed by atoms with Crippen LogP contribution in [0.1, 0.15) is 11.3 Å². The van der Waals surface area contributed by atoms with Crippen molar-refractivity contribution in [1.29, 1.82) is 0 Å². The lowest BCUT2D eigenvalue weighted by molar-refractivity contribution is -0.383. The highest BCUT2D eigenvalue weighted by Crippen LogP contribution is 2.23. The van der Waals surface area contributed by atoms with Gasteiger partial charge in [-0.05, 0) is 18.6 Å². The first-order valence-electron chi connectivity index (χ1n) is 5.19. The maximum Gasteiger partial charge on any atom is 0.292 e. The van der Waals surface area contributed by atoms with E-state index < -0.39 is 4.92 Å². The molecule has 1 aromatic carbocycles. The molecule has 0 fully saturated rings. The predicted molar refractivity (Wildman–Crippen MR) is 68.6 cm³/mol. The Labute approximate surface area is 108 Å². The van der Waals surface area contributed by atoms with Gasteiger partial charge in [-0.3, -0.25) is 14.8 Å². The monoisotopic (exact) mass is 266 g/mol. The maximum atomic E-state index is 10.6. The molecular formula is C11H11ClN4O2. The van der Waals surface area contributed by atoms with E-state index in [-0.39, 0.29) is 11.4 Å². The van der Waals surface area contributed by atoms with Gasteiger partial charge in [-0.15, -0.1) is 0 Å². The molecule has 0 atom stereocenters. The fraction of sp³-hybridized carbons (Fsp3) is 0.182. The van der Waals surface area contributed by atoms with Gasteiger partial charge in [-0.25, -0.2) is 0 Å². The molecular weight excluding hydrogens is 256 g/mol. The first-order chi connectivity index (χ1) is 8.49. The van der Waals surface area contributed by atoms with Crippen LogP contribution in [0.25, 0.3) is 0 Å². The van der Waals surface area contributed by atoms with E-state index in [0.29, 0.717) is 11.6 Å². The molecule has 0 spiro atoms. The molecule has 0 radical (unpaired) electrons. The quantitative estimate of drug-likeness (QED) is 0.525. The lowest BCUT2D eigenvalue weighted by atomic mass is 10.1. The molecule has 7 heteroatoms. The van der Waals surface area contributed by atoms with Crippen LogP contribution in [0.15, 0.2) is 24.4 Å². The van der Waals surface area contributed by atoms with Crippen molar-refractivity contribution >= 4 is 23.0 Å². The second-order valence-corrected chi connectivity index (χ2v) is 4.29. The molecule has 18 heavy (non-hydrogen) atoms. The van der Waals surface area contributed by atoms with Crippen LogP contribution >= 0.6 is 11.6 Å². The van der Waals surface area contributed by atoms with Crippen LogP contribution in [0.4, 0.5) is 11.4 Å². The molecule has 0 saturated heterocycles. The van der Waals surface area contributed by atoms with Gasteiger partial charge in [0.05, 0.1) is 28.4 Å². The fourth-order valence-electron chi connectivity index (χ4n) is 1.62. The third kappa shape index (κ3) is 2.28. The van der Waals surface area contributed by atoms with Crippen molar-refractivity contribution in [2.24, 2.45) is 0 Å². The topological polar surface area (TPSA) is 87.0 Å². The van der Waals surface area contributed by atoms with Crippen molar-refractivity contribution in [3.05, 3.63) is 50.8 Å². The Morgan fingerprint density at radius 3 is 2.78 bits per heavy atom. The Bertz CT molecular complexity index is 609. The summed E-state index contributed by atoms with van der Waals surface area (Å²) in [6.07, 6.45) is 1.56. The van der Waals surface area contributed by atoms with Crippen LogP contribution < -0.4 is 5.73 Å². The third-order valence-corrected chi connectivity index (χ3v) is 3.04. The first-order valence-corrected chi connectivity index (χ1v) is 5.57. The third-order valence-electron chi connectivity index (χ3n) is 2.66. The Kier molecular flexibility index (Phi) is 3.20. The number of nitro benzene ring substituents is 1. The van der Waals surface area contributed by atoms with Gasteiger partial charge in [0.15, 0.2) is 0 Å². The SMILES string of the molecule is Cc1c(Cl)cnn1Cc1ccc([N+](=O)[O-])c(N)c1. The highest BCUT2D eigenvalue weighted by atomic mass is 35.5. The number of aromatic nitrogens is 2. The molecule has 94 valence electrons. The molecule has 2 aromatic rings. The van der Waals surface area contributed by atoms with E-state index in [1.165, 1.54) is 6.07 Å². The number of benzene rings is 1. The number of hydrogen-bond acceptors (Lipinski definition) is 4. The van der Waals surface area contributed by atoms with E-state index in [1.54, 1.807) is 23.0 Å². The standard InChI is InChI=1S/C11H11ClN4O2/c1-7-9(12)5-14-15(7)6-8-2-3-11(16(17)18)10(13)4-8/h2-5H,6,13H2,1H3. The number of nitrogens with zero attached hydrogens (tertiary/aromatic N) is 3. The second-order valence-electron chi connectivity index (χ2n) is 3.89. The Morgan fingerprint density at radius 2 is 2.28 bits per heavy atom. The van der Waals surface area contributed by atoms with Crippen molar-refractivity contribution < 1.29 is 4.92 Å². The predicted octanol–water partition coefficient (Wildman–Crippen LogP) is 2.38. The number of rotatable bonds is 3. The van der Waals surface area contributed by atoms with Gasteiger partial charge >= 0.3 is 0 Å². The molecule has 0 bridgehead atoms. The van der Waals surface area contributed by atoms with E-state index in [1.807, 2.05) is 6.92 Å². The first kappa shape index (κ1) is 12.4. The van der Waals surface area contributed by atoms with E-state index in [0.717, 1.165) is 11.3 Å². The molecule has 0 unspecified atom stereocenters. The minimum absolute atomic E-state index is 0.0889. The van der Waals surface area contributed by atoms with Crippen molar-refractivity contribution in [3.63, 3.8) is 0 Å². The lowest BCUT2D eigenvalue weighted by Gasteiger charge is -2.06. The molecule has 2 rings (SSSR count). The average Bonchev–Trinajstić information content (AvgIpc) is 2.61. The van der Waals surface area contributed by atoms with Gasteiger partial charge in [-0.1, -0.05) is 17.7 Å². The maximum absolute atomic E-state index is 10.6. The smallest absolute Gasteiger partial charge is 0.292 e. The highest BCUT2D eigenvalue weighted by molar-refractivity contribution is 6.31. The Balaban J connectivity index is 2.28. The van der Waals surface area contributed by atoms with E-state index in [9.17, 15) is 10.1 Å². The normalized spacial score (nSPS) is 10.6. The summed E-state index contributed by atoms with van der Waals surface area (Å²) in [4.78, 5) is 10.1. The molecule has 0 aliphatic rings. The number of nitrogen functional groups attached to an aromatic ring is 1. The average molecular weight is 267 g/mol. The van der Waals surface area contributed by atoms with Crippen molar-refractivity contribution in [2.75, 3.05) is 5.73 Å². The van der Waals surface area contributed by atoms with E-state index in [2.05, 4.69) is 5.10 Å². The van der Waals surface area contributed by atoms with Crippen LogP contribution in [-0.2, 0) is 6.54 Å². The molecule has 1 heterocycles.